The van der Waals surface area contributed by atoms with Gasteiger partial charge >= 0.3 is 11.9 Å². The van der Waals surface area contributed by atoms with Crippen molar-refractivity contribution in [1.82, 2.24) is 0 Å². The van der Waals surface area contributed by atoms with Crippen LogP contribution >= 0.6 is 0 Å². The molecule has 11 unspecified atom stereocenters. The van der Waals surface area contributed by atoms with Gasteiger partial charge in [-0.05, 0) is 77.0 Å². The Morgan fingerprint density at radius 3 is 1.46 bits per heavy atom. The van der Waals surface area contributed by atoms with Crippen LogP contribution in [0, 0.1) is 0 Å². The Balaban J connectivity index is 1.80. The number of aliphatic hydroxyl groups excluding tert-OH is 7. The summed E-state index contributed by atoms with van der Waals surface area (Å²) in [6.45, 7) is 2.43. The summed E-state index contributed by atoms with van der Waals surface area (Å²) in [7, 11) is 0. The van der Waals surface area contributed by atoms with Crippen LogP contribution in [0.1, 0.15) is 181 Å². The molecule has 0 aliphatic carbocycles. The van der Waals surface area contributed by atoms with Gasteiger partial charge in [0.25, 0.3) is 0 Å². The zero-order valence-corrected chi connectivity index (χ0v) is 42.7. The molecular weight excluding hydrogens is 901 g/mol. The van der Waals surface area contributed by atoms with E-state index in [9.17, 15) is 45.3 Å². The second-order valence-electron chi connectivity index (χ2n) is 18.7. The predicted molar refractivity (Wildman–Crippen MR) is 270 cm³/mol. The minimum atomic E-state index is -1.77. The number of esters is 2. The van der Waals surface area contributed by atoms with E-state index in [2.05, 4.69) is 74.6 Å². The standard InChI is InChI=1S/C55H94O15/c1-3-5-7-9-11-13-15-17-19-20-21-22-24-25-27-29-31-33-35-37-46(57)65-40-43(68-47(58)38-36-34-32-30-28-26-23-18-16-14-12-10-8-6-4-2)41-66-54-53(64)51(62)49(60)45(70-54)42-67-55-52(63)50(61)48(59)44(39-56)69-55/h6,8,12,14,17-19,23,28,30,43-45,48-56,59-64H,3-5,7,9-11,13,15-16,20-22,24-27,29,31-42H2,1-2H3/b8-6-,14-12-,19-17-,23-18-,30-28-. The average Bonchev–Trinajstić information content (AvgIpc) is 3.35. The molecule has 0 aromatic rings. The number of allylic oxidation sites excluding steroid dienone is 10. The van der Waals surface area contributed by atoms with Crippen LogP contribution in [-0.4, -0.2) is 142 Å². The lowest BCUT2D eigenvalue weighted by Gasteiger charge is -2.42. The molecule has 2 saturated heterocycles. The van der Waals surface area contributed by atoms with Crippen LogP contribution in [0.3, 0.4) is 0 Å². The van der Waals surface area contributed by atoms with E-state index in [0.717, 1.165) is 57.8 Å². The lowest BCUT2D eigenvalue weighted by molar-refractivity contribution is -0.332. The Kier molecular flexibility index (Phi) is 37.7. The average molecular weight is 995 g/mol. The molecular formula is C55H94O15. The molecule has 0 spiro atoms. The minimum absolute atomic E-state index is 0.111. The van der Waals surface area contributed by atoms with Crippen molar-refractivity contribution in [3.63, 3.8) is 0 Å². The lowest BCUT2D eigenvalue weighted by Crippen LogP contribution is -2.61. The van der Waals surface area contributed by atoms with E-state index in [4.69, 9.17) is 28.4 Å². The highest BCUT2D eigenvalue weighted by Crippen LogP contribution is 2.26. The Hall–Kier alpha value is -2.80. The Morgan fingerprint density at radius 1 is 0.471 bits per heavy atom. The van der Waals surface area contributed by atoms with Gasteiger partial charge in [-0.1, -0.05) is 152 Å². The van der Waals surface area contributed by atoms with Crippen LogP contribution in [0.4, 0.5) is 0 Å². The van der Waals surface area contributed by atoms with Gasteiger partial charge in [0.2, 0.25) is 0 Å². The second-order valence-corrected chi connectivity index (χ2v) is 18.7. The molecule has 7 N–H and O–H groups in total. The first kappa shape index (κ1) is 63.3. The maximum atomic E-state index is 13.0. The Labute approximate surface area is 420 Å². The summed E-state index contributed by atoms with van der Waals surface area (Å²) in [5, 5.41) is 72.1. The molecule has 15 nitrogen and oxygen atoms in total. The van der Waals surface area contributed by atoms with E-state index in [1.54, 1.807) is 0 Å². The first-order valence-electron chi connectivity index (χ1n) is 26.9. The van der Waals surface area contributed by atoms with Crippen LogP contribution < -0.4 is 0 Å². The normalized spacial score (nSPS) is 25.8. The van der Waals surface area contributed by atoms with E-state index in [-0.39, 0.29) is 19.4 Å². The molecule has 15 heteroatoms. The van der Waals surface area contributed by atoms with Gasteiger partial charge < -0.3 is 64.2 Å². The largest absolute Gasteiger partial charge is 0.462 e. The fourth-order valence-electron chi connectivity index (χ4n) is 8.08. The van der Waals surface area contributed by atoms with Crippen molar-refractivity contribution in [3.05, 3.63) is 60.8 Å². The van der Waals surface area contributed by atoms with Crippen molar-refractivity contribution in [2.45, 2.75) is 248 Å². The van der Waals surface area contributed by atoms with Gasteiger partial charge in [0.15, 0.2) is 18.7 Å². The van der Waals surface area contributed by atoms with Gasteiger partial charge in [0.1, 0.15) is 55.4 Å². The van der Waals surface area contributed by atoms with E-state index in [1.807, 2.05) is 0 Å². The Morgan fingerprint density at radius 2 is 0.900 bits per heavy atom. The van der Waals surface area contributed by atoms with Crippen molar-refractivity contribution in [2.75, 3.05) is 26.4 Å². The third kappa shape index (κ3) is 29.0. The van der Waals surface area contributed by atoms with E-state index >= 15 is 0 Å². The fourth-order valence-corrected chi connectivity index (χ4v) is 8.08. The number of hydrogen-bond acceptors (Lipinski definition) is 15. The molecule has 0 saturated carbocycles. The fraction of sp³-hybridized carbons (Fsp3) is 0.782. The highest BCUT2D eigenvalue weighted by Gasteiger charge is 2.47. The van der Waals surface area contributed by atoms with Crippen LogP contribution in [-0.2, 0) is 38.0 Å². The lowest BCUT2D eigenvalue weighted by atomic mass is 9.98. The monoisotopic (exact) mass is 995 g/mol. The number of carbonyl (C=O) groups is 2. The van der Waals surface area contributed by atoms with Crippen LogP contribution in [0.5, 0.6) is 0 Å². The minimum Gasteiger partial charge on any atom is -0.462 e. The van der Waals surface area contributed by atoms with E-state index < -0.39 is 99.3 Å². The SMILES string of the molecule is CC/C=C\C/C=C\C/C=C\C/C=C\CCCCC(=O)OC(COC(=O)CCCCCCCCCCC/C=C\CCCCCCCC)COC1OC(COC2OC(CO)C(O)C(O)C2O)C(O)C(O)C1O. The summed E-state index contributed by atoms with van der Waals surface area (Å²) in [5.74, 6) is -0.977. The predicted octanol–water partition coefficient (Wildman–Crippen LogP) is 8.05. The smallest absolute Gasteiger partial charge is 0.306 e. The molecule has 2 aliphatic rings. The summed E-state index contributed by atoms with van der Waals surface area (Å²) >= 11 is 0. The van der Waals surface area contributed by atoms with Crippen molar-refractivity contribution < 1.29 is 73.8 Å². The molecule has 2 heterocycles. The molecule has 2 fully saturated rings. The van der Waals surface area contributed by atoms with Gasteiger partial charge in [0, 0.05) is 12.8 Å². The third-order valence-corrected chi connectivity index (χ3v) is 12.5. The van der Waals surface area contributed by atoms with Gasteiger partial charge in [-0.3, -0.25) is 9.59 Å². The second kappa shape index (κ2) is 41.6. The number of rotatable bonds is 41. The summed E-state index contributed by atoms with van der Waals surface area (Å²) < 4.78 is 33.6. The number of unbranched alkanes of at least 4 members (excludes halogenated alkanes) is 17. The molecule has 0 bridgehead atoms. The quantitative estimate of drug-likeness (QED) is 0.0175. The van der Waals surface area contributed by atoms with Crippen molar-refractivity contribution in [1.29, 1.82) is 0 Å². The molecule has 0 aromatic carbocycles. The number of ether oxygens (including phenoxy) is 6. The molecule has 11 atom stereocenters. The van der Waals surface area contributed by atoms with Crippen molar-refractivity contribution >= 4 is 11.9 Å². The molecule has 2 aliphatic heterocycles. The number of hydrogen-bond donors (Lipinski definition) is 7. The van der Waals surface area contributed by atoms with E-state index in [0.29, 0.717) is 12.8 Å². The zero-order valence-electron chi connectivity index (χ0n) is 42.7. The summed E-state index contributed by atoms with van der Waals surface area (Å²) in [5.41, 5.74) is 0. The maximum absolute atomic E-state index is 13.0. The van der Waals surface area contributed by atoms with Crippen molar-refractivity contribution in [3.8, 4) is 0 Å². The summed E-state index contributed by atoms with van der Waals surface area (Å²) in [6.07, 6.45) is 31.1. The highest BCUT2D eigenvalue weighted by atomic mass is 16.7. The van der Waals surface area contributed by atoms with Crippen molar-refractivity contribution in [2.24, 2.45) is 0 Å². The van der Waals surface area contributed by atoms with Gasteiger partial charge in [-0.2, -0.15) is 0 Å². The molecule has 0 radical (unpaired) electrons. The summed E-state index contributed by atoms with van der Waals surface area (Å²) in [6, 6.07) is 0. The van der Waals surface area contributed by atoms with Crippen LogP contribution in [0.15, 0.2) is 60.8 Å². The van der Waals surface area contributed by atoms with Crippen LogP contribution in [0.2, 0.25) is 0 Å². The van der Waals surface area contributed by atoms with Crippen LogP contribution in [0.25, 0.3) is 0 Å². The topological polar surface area (TPSA) is 231 Å². The van der Waals surface area contributed by atoms with E-state index in [1.165, 1.54) is 83.5 Å². The van der Waals surface area contributed by atoms with Gasteiger partial charge in [-0.15, -0.1) is 0 Å². The molecule has 0 amide bonds. The molecule has 0 aromatic heterocycles. The maximum Gasteiger partial charge on any atom is 0.306 e. The highest BCUT2D eigenvalue weighted by molar-refractivity contribution is 5.70. The Bertz CT molecular complexity index is 1450. The first-order chi connectivity index (χ1) is 34.0. The number of carbonyl (C=O) groups excluding carboxylic acids is 2. The molecule has 404 valence electrons. The van der Waals surface area contributed by atoms with Gasteiger partial charge in [0.05, 0.1) is 19.8 Å². The molecule has 70 heavy (non-hydrogen) atoms. The van der Waals surface area contributed by atoms with Gasteiger partial charge in [-0.25, -0.2) is 0 Å². The number of aliphatic hydroxyl groups is 7. The summed E-state index contributed by atoms with van der Waals surface area (Å²) in [4.78, 5) is 25.8. The zero-order chi connectivity index (χ0) is 51.0. The first-order valence-corrected chi connectivity index (χ1v) is 26.9. The third-order valence-electron chi connectivity index (χ3n) is 12.5. The molecule has 2 rings (SSSR count).